The average molecular weight is 425 g/mol. The zero-order chi connectivity index (χ0) is 20.4. The number of rotatable bonds is 5. The number of carbonyl (C=O) groups is 1. The van der Waals surface area contributed by atoms with Crippen LogP contribution in [-0.2, 0) is 17.8 Å². The van der Waals surface area contributed by atoms with Crippen molar-refractivity contribution in [3.05, 3.63) is 86.1 Å². The van der Waals surface area contributed by atoms with Crippen LogP contribution >= 0.6 is 22.9 Å². The van der Waals surface area contributed by atoms with Gasteiger partial charge in [-0.2, -0.15) is 5.10 Å². The minimum absolute atomic E-state index is 0.0145. The predicted molar refractivity (Wildman–Crippen MR) is 116 cm³/mol. The summed E-state index contributed by atoms with van der Waals surface area (Å²) >= 11 is 7.77. The minimum Gasteiger partial charge on any atom is -0.300 e. The lowest BCUT2D eigenvalue weighted by atomic mass is 10.1. The Hall–Kier alpha value is -3.03. The van der Waals surface area contributed by atoms with Crippen molar-refractivity contribution < 1.29 is 4.79 Å². The highest BCUT2D eigenvalue weighted by Crippen LogP contribution is 2.26. The molecule has 146 valence electrons. The van der Waals surface area contributed by atoms with Gasteiger partial charge in [0.15, 0.2) is 5.13 Å². The van der Waals surface area contributed by atoms with E-state index in [0.29, 0.717) is 22.5 Å². The van der Waals surface area contributed by atoms with Crippen LogP contribution in [0.1, 0.15) is 16.0 Å². The van der Waals surface area contributed by atoms with Gasteiger partial charge in [-0.05, 0) is 30.2 Å². The summed E-state index contributed by atoms with van der Waals surface area (Å²) in [6.45, 7) is 1.96. The molecule has 0 saturated heterocycles. The molecule has 0 radical (unpaired) electrons. The first-order valence-corrected chi connectivity index (χ1v) is 10.1. The standard InChI is InChI=1S/C21H17ClN4O2S/c1-13-5-4-6-14(20(13)22)9-15-10-23-21(29-15)25-19(28)12-26-17-8-3-2-7-16(17)18(27)11-24-26/h2-8,10-11H,9,12H2,1H3,(H,23,25,28). The maximum Gasteiger partial charge on any atom is 0.247 e. The summed E-state index contributed by atoms with van der Waals surface area (Å²) in [6.07, 6.45) is 3.62. The number of nitrogens with one attached hydrogen (secondary N) is 1. The summed E-state index contributed by atoms with van der Waals surface area (Å²) < 4.78 is 1.51. The summed E-state index contributed by atoms with van der Waals surface area (Å²) in [5, 5.41) is 8.67. The molecular weight excluding hydrogens is 408 g/mol. The molecule has 0 saturated carbocycles. The number of nitrogens with zero attached hydrogens (tertiary/aromatic N) is 3. The van der Waals surface area contributed by atoms with E-state index >= 15 is 0 Å². The minimum atomic E-state index is -0.263. The molecule has 1 amide bonds. The smallest absolute Gasteiger partial charge is 0.247 e. The normalized spacial score (nSPS) is 11.0. The van der Waals surface area contributed by atoms with Crippen molar-refractivity contribution >= 4 is 44.9 Å². The molecule has 6 nitrogen and oxygen atoms in total. The Kier molecular flexibility index (Phi) is 5.42. The Morgan fingerprint density at radius 3 is 2.86 bits per heavy atom. The van der Waals surface area contributed by atoms with Crippen molar-refractivity contribution in [2.75, 3.05) is 5.32 Å². The quantitative estimate of drug-likeness (QED) is 0.524. The maximum absolute atomic E-state index is 12.5. The monoisotopic (exact) mass is 424 g/mol. The Bertz CT molecular complexity index is 1270. The van der Waals surface area contributed by atoms with Gasteiger partial charge in [-0.25, -0.2) is 4.98 Å². The first-order valence-electron chi connectivity index (χ1n) is 8.94. The molecule has 2 heterocycles. The molecule has 1 N–H and O–H groups in total. The van der Waals surface area contributed by atoms with Crippen molar-refractivity contribution in [1.29, 1.82) is 0 Å². The van der Waals surface area contributed by atoms with Crippen LogP contribution in [0.25, 0.3) is 10.9 Å². The van der Waals surface area contributed by atoms with E-state index in [9.17, 15) is 9.59 Å². The first kappa shape index (κ1) is 19.3. The number of amides is 1. The van der Waals surface area contributed by atoms with Crippen LogP contribution in [0.15, 0.2) is 59.7 Å². The predicted octanol–water partition coefficient (Wildman–Crippen LogP) is 4.04. The van der Waals surface area contributed by atoms with E-state index < -0.39 is 0 Å². The van der Waals surface area contributed by atoms with E-state index in [0.717, 1.165) is 21.0 Å². The van der Waals surface area contributed by atoms with Gasteiger partial charge in [-0.15, -0.1) is 11.3 Å². The topological polar surface area (TPSA) is 76.9 Å². The molecule has 0 unspecified atom stereocenters. The van der Waals surface area contributed by atoms with Crippen LogP contribution in [0.5, 0.6) is 0 Å². The Balaban J connectivity index is 1.47. The zero-order valence-electron chi connectivity index (χ0n) is 15.6. The van der Waals surface area contributed by atoms with Crippen LogP contribution in [0.3, 0.4) is 0 Å². The highest BCUT2D eigenvalue weighted by molar-refractivity contribution is 7.15. The number of para-hydroxylation sites is 1. The number of benzene rings is 2. The van der Waals surface area contributed by atoms with Crippen molar-refractivity contribution in [3.8, 4) is 0 Å². The Morgan fingerprint density at radius 2 is 2.00 bits per heavy atom. The molecule has 0 fully saturated rings. The van der Waals surface area contributed by atoms with Crippen LogP contribution in [0.2, 0.25) is 5.02 Å². The third kappa shape index (κ3) is 4.21. The molecule has 4 aromatic rings. The van der Waals surface area contributed by atoms with E-state index in [1.54, 1.807) is 30.5 Å². The lowest BCUT2D eigenvalue weighted by Crippen LogP contribution is -2.22. The number of halogens is 1. The van der Waals surface area contributed by atoms with E-state index in [2.05, 4.69) is 15.4 Å². The zero-order valence-corrected chi connectivity index (χ0v) is 17.1. The van der Waals surface area contributed by atoms with Gasteiger partial charge >= 0.3 is 0 Å². The number of hydrogen-bond acceptors (Lipinski definition) is 5. The highest BCUT2D eigenvalue weighted by atomic mass is 35.5. The summed E-state index contributed by atoms with van der Waals surface area (Å²) in [4.78, 5) is 29.7. The van der Waals surface area contributed by atoms with Gasteiger partial charge in [0.2, 0.25) is 11.3 Å². The third-order valence-electron chi connectivity index (χ3n) is 4.49. The molecule has 2 aromatic heterocycles. The molecule has 0 bridgehead atoms. The lowest BCUT2D eigenvalue weighted by molar-refractivity contribution is -0.116. The number of aromatic nitrogens is 3. The van der Waals surface area contributed by atoms with Gasteiger partial charge in [-0.1, -0.05) is 41.9 Å². The average Bonchev–Trinajstić information content (AvgIpc) is 3.14. The van der Waals surface area contributed by atoms with Gasteiger partial charge in [-0.3, -0.25) is 14.3 Å². The Morgan fingerprint density at radius 1 is 1.17 bits per heavy atom. The molecule has 0 atom stereocenters. The molecule has 0 aliphatic heterocycles. The molecule has 0 aliphatic carbocycles. The second-order valence-corrected chi connectivity index (χ2v) is 8.08. The van der Waals surface area contributed by atoms with Crippen molar-refractivity contribution in [1.82, 2.24) is 14.8 Å². The largest absolute Gasteiger partial charge is 0.300 e. The van der Waals surface area contributed by atoms with Crippen LogP contribution < -0.4 is 10.7 Å². The lowest BCUT2D eigenvalue weighted by Gasteiger charge is -2.08. The molecule has 4 rings (SSSR count). The van der Waals surface area contributed by atoms with Gasteiger partial charge < -0.3 is 5.32 Å². The summed E-state index contributed by atoms with van der Waals surface area (Å²) in [5.41, 5.74) is 2.50. The number of fused-ring (bicyclic) bond motifs is 1. The second-order valence-electron chi connectivity index (χ2n) is 6.59. The highest BCUT2D eigenvalue weighted by Gasteiger charge is 2.12. The molecule has 8 heteroatoms. The van der Waals surface area contributed by atoms with Crippen LogP contribution in [0, 0.1) is 6.92 Å². The van der Waals surface area contributed by atoms with Gasteiger partial charge in [0.1, 0.15) is 6.54 Å². The molecule has 0 spiro atoms. The number of thiazole rings is 1. The second kappa shape index (κ2) is 8.14. The van der Waals surface area contributed by atoms with E-state index in [4.69, 9.17) is 11.6 Å². The number of anilines is 1. The maximum atomic E-state index is 12.5. The Labute approximate surface area is 175 Å². The number of hydrogen-bond donors (Lipinski definition) is 1. The molecule has 2 aromatic carbocycles. The third-order valence-corrected chi connectivity index (χ3v) is 5.95. The molecule has 0 aliphatic rings. The van der Waals surface area contributed by atoms with Crippen molar-refractivity contribution in [3.63, 3.8) is 0 Å². The van der Waals surface area contributed by atoms with Crippen molar-refractivity contribution in [2.45, 2.75) is 19.9 Å². The van der Waals surface area contributed by atoms with Crippen LogP contribution in [-0.4, -0.2) is 20.7 Å². The van der Waals surface area contributed by atoms with E-state index in [1.807, 2.05) is 25.1 Å². The fraction of sp³-hybridized carbons (Fsp3) is 0.143. The van der Waals surface area contributed by atoms with Gasteiger partial charge in [0, 0.05) is 27.9 Å². The number of aryl methyl sites for hydroxylation is 1. The van der Waals surface area contributed by atoms with Gasteiger partial charge in [0.25, 0.3) is 0 Å². The van der Waals surface area contributed by atoms with E-state index in [1.165, 1.54) is 22.2 Å². The summed E-state index contributed by atoms with van der Waals surface area (Å²) in [5.74, 6) is -0.263. The summed E-state index contributed by atoms with van der Waals surface area (Å²) in [7, 11) is 0. The fourth-order valence-corrected chi connectivity index (χ4v) is 4.11. The SMILES string of the molecule is Cc1cccc(Cc2cnc(NC(=O)Cn3ncc(=O)c4ccccc43)s2)c1Cl. The van der Waals surface area contributed by atoms with Crippen molar-refractivity contribution in [2.24, 2.45) is 0 Å². The fourth-order valence-electron chi connectivity index (χ4n) is 3.06. The van der Waals surface area contributed by atoms with Crippen LogP contribution in [0.4, 0.5) is 5.13 Å². The molecule has 29 heavy (non-hydrogen) atoms. The van der Waals surface area contributed by atoms with Gasteiger partial charge in [0.05, 0.1) is 11.7 Å². The summed E-state index contributed by atoms with van der Waals surface area (Å²) in [6, 6.07) is 13.0. The molecular formula is C21H17ClN4O2S. The number of carbonyl (C=O) groups excluding carboxylic acids is 1. The first-order chi connectivity index (χ1) is 14.0. The van der Waals surface area contributed by atoms with E-state index in [-0.39, 0.29) is 17.9 Å².